The summed E-state index contributed by atoms with van der Waals surface area (Å²) in [7, 11) is 0. The highest BCUT2D eigenvalue weighted by molar-refractivity contribution is 5.83. The van der Waals surface area contributed by atoms with Gasteiger partial charge in [0.2, 0.25) is 0 Å². The molecule has 1 fully saturated rings. The minimum absolute atomic E-state index is 0.0247. The van der Waals surface area contributed by atoms with Crippen molar-refractivity contribution in [2.75, 3.05) is 25.1 Å². The van der Waals surface area contributed by atoms with Crippen LogP contribution in [-0.4, -0.2) is 53.4 Å². The van der Waals surface area contributed by atoms with Crippen molar-refractivity contribution in [3.63, 3.8) is 0 Å². The summed E-state index contributed by atoms with van der Waals surface area (Å²) in [5.41, 5.74) is 0.426. The lowest BCUT2D eigenvalue weighted by Gasteiger charge is -2.24. The number of phenolic OH excluding ortho intramolecular Hbond substituents is 1. The molecule has 2 atom stereocenters. The molecule has 6 N–H and O–H groups in total. The van der Waals surface area contributed by atoms with Crippen LogP contribution < -0.4 is 36.2 Å². The first-order valence-electron chi connectivity index (χ1n) is 16.0. The van der Waals surface area contributed by atoms with Gasteiger partial charge in [-0.15, -0.1) is 10.4 Å². The highest BCUT2D eigenvalue weighted by atomic mass is 19.1. The summed E-state index contributed by atoms with van der Waals surface area (Å²) in [5.74, 6) is -4.05. The van der Waals surface area contributed by atoms with E-state index < -0.39 is 51.1 Å². The molecule has 3 aromatic carbocycles. The standard InChI is InChI=1S/C35H40F3N5O5/c1-4-5-6-22-7-8-25(33(37)27(22)17-40-21(3)41-23-11-13-39-14-12-23)32-29(36)9-10-30(34(32)38)42-43(46,47)31-16-24(45)15-26-28(20(2)18-44)19-48-35(26)31/h6-10,15-18,20,23,28,39,42,46-47H,4-5,11-14,19H2,1-3H3,(H-,40,41,45)/p+1/b22-6+,27-17+. The number of aldehydes is 1. The maximum atomic E-state index is 16.3. The zero-order valence-corrected chi connectivity index (χ0v) is 27.1. The number of piperidine rings is 1. The molecule has 0 bridgehead atoms. The fraction of sp³-hybridized carbons (Fsp3) is 0.371. The molecule has 0 aromatic heterocycles. The van der Waals surface area contributed by atoms with Crippen LogP contribution in [-0.2, 0) is 4.79 Å². The number of quaternary nitrogens is 1. The van der Waals surface area contributed by atoms with Crippen molar-refractivity contribution in [2.24, 2.45) is 10.9 Å². The average Bonchev–Trinajstić information content (AvgIpc) is 3.48. The van der Waals surface area contributed by atoms with Crippen LogP contribution in [0.5, 0.6) is 11.5 Å². The Morgan fingerprint density at radius 2 is 1.90 bits per heavy atom. The number of fused-ring (bicyclic) bond motifs is 1. The van der Waals surface area contributed by atoms with E-state index in [0.29, 0.717) is 23.0 Å². The first-order chi connectivity index (χ1) is 22.9. The molecule has 0 radical (unpaired) electrons. The lowest BCUT2D eigenvalue weighted by Crippen LogP contribution is -2.48. The van der Waals surface area contributed by atoms with Crippen LogP contribution in [0.3, 0.4) is 0 Å². The van der Waals surface area contributed by atoms with Gasteiger partial charge in [0, 0.05) is 34.4 Å². The number of nitrogens with zero attached hydrogens (tertiary/aromatic N) is 2. The number of anilines is 1. The number of aromatic hydroxyl groups is 1. The van der Waals surface area contributed by atoms with Gasteiger partial charge in [-0.05, 0) is 62.7 Å². The van der Waals surface area contributed by atoms with E-state index in [9.17, 15) is 20.3 Å². The largest absolute Gasteiger partial charge is 0.508 e. The molecule has 5 rings (SSSR count). The Bertz CT molecular complexity index is 1830. The third-order valence-electron chi connectivity index (χ3n) is 8.69. The number of unbranched alkanes of at least 4 members (excludes halogenated alkanes) is 1. The summed E-state index contributed by atoms with van der Waals surface area (Å²) in [5, 5.41) is 39.4. The number of amidine groups is 1. The summed E-state index contributed by atoms with van der Waals surface area (Å²) >= 11 is 0. The number of carbonyl (C=O) groups is 1. The number of carbonyl (C=O) groups excluding carboxylic acids is 1. The summed E-state index contributed by atoms with van der Waals surface area (Å²) in [6.07, 6.45) is 7.20. The zero-order valence-electron chi connectivity index (χ0n) is 27.1. The predicted molar refractivity (Wildman–Crippen MR) is 178 cm³/mol. The second kappa shape index (κ2) is 14.8. The number of benzene rings is 3. The van der Waals surface area contributed by atoms with Crippen LogP contribution in [0.2, 0.25) is 0 Å². The van der Waals surface area contributed by atoms with Crippen molar-refractivity contribution in [2.45, 2.75) is 58.4 Å². The minimum Gasteiger partial charge on any atom is -0.508 e. The monoisotopic (exact) mass is 668 g/mol. The van der Waals surface area contributed by atoms with Crippen molar-refractivity contribution in [3.05, 3.63) is 69.9 Å². The molecule has 3 aromatic rings. The SMILES string of the molecule is CCC/C=c1\ccc(-c2c(F)ccc(N[N+](O)(O)c3cc(O)cc4c3OCC4C(C)C=O)c2F)c(F)\c1=C\NC(C)=NC1CCNCC1. The fourth-order valence-electron chi connectivity index (χ4n) is 6.04. The van der Waals surface area contributed by atoms with Crippen LogP contribution in [0.25, 0.3) is 23.4 Å². The summed E-state index contributed by atoms with van der Waals surface area (Å²) in [4.78, 5) is 13.9. The van der Waals surface area contributed by atoms with E-state index in [0.717, 1.165) is 56.8 Å². The molecule has 2 aliphatic rings. The van der Waals surface area contributed by atoms with Gasteiger partial charge >= 0.3 is 0 Å². The Hall–Kier alpha value is -4.43. The molecule has 2 heterocycles. The number of halogens is 3. The number of hydrogen-bond donors (Lipinski definition) is 6. The molecular weight excluding hydrogens is 627 g/mol. The second-order valence-electron chi connectivity index (χ2n) is 12.2. The number of rotatable bonds is 10. The lowest BCUT2D eigenvalue weighted by atomic mass is 9.89. The van der Waals surface area contributed by atoms with Crippen molar-refractivity contribution in [3.8, 4) is 22.6 Å². The molecule has 13 heteroatoms. The van der Waals surface area contributed by atoms with Gasteiger partial charge in [-0.2, -0.15) is 5.43 Å². The van der Waals surface area contributed by atoms with Crippen LogP contribution in [0.4, 0.5) is 24.5 Å². The molecule has 48 heavy (non-hydrogen) atoms. The molecule has 10 nitrogen and oxygen atoms in total. The van der Waals surface area contributed by atoms with Crippen molar-refractivity contribution in [1.82, 2.24) is 15.6 Å². The number of hydrogen-bond acceptors (Lipinski definition) is 8. The van der Waals surface area contributed by atoms with Crippen molar-refractivity contribution < 1.29 is 38.2 Å². The molecule has 2 aliphatic heterocycles. The average molecular weight is 669 g/mol. The van der Waals surface area contributed by atoms with Gasteiger partial charge in [-0.1, -0.05) is 38.5 Å². The van der Waals surface area contributed by atoms with Gasteiger partial charge in [0.25, 0.3) is 5.69 Å². The van der Waals surface area contributed by atoms with Crippen LogP contribution in [0.1, 0.15) is 57.9 Å². The first-order valence-corrected chi connectivity index (χ1v) is 16.0. The Morgan fingerprint density at radius 1 is 1.15 bits per heavy atom. The number of nitrogens with one attached hydrogen (secondary N) is 3. The third-order valence-corrected chi connectivity index (χ3v) is 8.69. The molecule has 0 amide bonds. The molecule has 256 valence electrons. The van der Waals surface area contributed by atoms with E-state index in [1.54, 1.807) is 19.9 Å². The van der Waals surface area contributed by atoms with Crippen molar-refractivity contribution in [1.29, 1.82) is 0 Å². The Morgan fingerprint density at radius 3 is 2.60 bits per heavy atom. The van der Waals surface area contributed by atoms with Gasteiger partial charge in [0.05, 0.1) is 35.0 Å². The minimum atomic E-state index is -2.22. The Kier molecular flexibility index (Phi) is 10.7. The van der Waals surface area contributed by atoms with Gasteiger partial charge in [-0.25, -0.2) is 13.2 Å². The summed E-state index contributed by atoms with van der Waals surface area (Å²) in [6, 6.07) is 7.14. The molecular formula is C35H41F3N5O5+. The summed E-state index contributed by atoms with van der Waals surface area (Å²) < 4.78 is 53.5. The predicted octanol–water partition coefficient (Wildman–Crippen LogP) is 4.98. The maximum Gasteiger partial charge on any atom is 0.273 e. The third kappa shape index (κ3) is 7.34. The van der Waals surface area contributed by atoms with E-state index in [2.05, 4.69) is 21.1 Å². The topological polar surface area (TPSA) is 135 Å². The number of ether oxygens (including phenoxy) is 1. The highest BCUT2D eigenvalue weighted by Crippen LogP contribution is 2.47. The van der Waals surface area contributed by atoms with E-state index in [1.165, 1.54) is 18.3 Å². The zero-order chi connectivity index (χ0) is 34.6. The van der Waals surface area contributed by atoms with Crippen LogP contribution in [0.15, 0.2) is 41.4 Å². The van der Waals surface area contributed by atoms with Crippen LogP contribution in [0, 0.1) is 23.4 Å². The maximum absolute atomic E-state index is 16.3. The summed E-state index contributed by atoms with van der Waals surface area (Å²) in [6.45, 7) is 7.16. The van der Waals surface area contributed by atoms with E-state index in [4.69, 9.17) is 4.74 Å². The van der Waals surface area contributed by atoms with E-state index in [-0.39, 0.29) is 34.9 Å². The number of aliphatic imine (C=N–C) groups is 1. The smallest absolute Gasteiger partial charge is 0.273 e. The lowest BCUT2D eigenvalue weighted by molar-refractivity contribution is -0.273. The highest BCUT2D eigenvalue weighted by Gasteiger charge is 2.41. The van der Waals surface area contributed by atoms with Crippen molar-refractivity contribution >= 4 is 35.8 Å². The van der Waals surface area contributed by atoms with Gasteiger partial charge in [-0.3, -0.25) is 4.99 Å². The van der Waals surface area contributed by atoms with Crippen LogP contribution >= 0.6 is 0 Å². The molecule has 1 saturated heterocycles. The Labute approximate surface area is 276 Å². The quantitative estimate of drug-likeness (QED) is 0.0586. The molecule has 2 unspecified atom stereocenters. The molecule has 0 aliphatic carbocycles. The molecule has 0 saturated carbocycles. The van der Waals surface area contributed by atoms with Gasteiger partial charge in [0.1, 0.15) is 29.4 Å². The van der Waals surface area contributed by atoms with Gasteiger partial charge in [0.15, 0.2) is 11.6 Å². The van der Waals surface area contributed by atoms with Gasteiger partial charge < -0.3 is 25.3 Å². The molecule has 0 spiro atoms. The Balaban J connectivity index is 1.54. The first kappa shape index (κ1) is 34.9. The second-order valence-corrected chi connectivity index (χ2v) is 12.2. The van der Waals surface area contributed by atoms with E-state index in [1.807, 2.05) is 13.0 Å². The normalized spacial score (nSPS) is 18.4. The fourth-order valence-corrected chi connectivity index (χ4v) is 6.04. The van der Waals surface area contributed by atoms with E-state index >= 15 is 13.2 Å². The number of phenols is 1.